The largest absolute Gasteiger partial charge is 0.394 e. The lowest BCUT2D eigenvalue weighted by atomic mass is 9.70. The van der Waals surface area contributed by atoms with Gasteiger partial charge in [-0.15, -0.1) is 13.2 Å². The van der Waals surface area contributed by atoms with Crippen molar-refractivity contribution in [2.75, 3.05) is 31.1 Å². The molecular weight excluding hydrogens is 598 g/mol. The molecule has 2 bridgehead atoms. The number of rotatable bonds is 15. The average molecular weight is 645 g/mol. The van der Waals surface area contributed by atoms with Gasteiger partial charge in [0.25, 0.3) is 0 Å². The quantitative estimate of drug-likeness (QED) is 0.172. The number of ether oxygens (including phenoxy) is 1. The highest BCUT2D eigenvalue weighted by Gasteiger charge is 2.77. The van der Waals surface area contributed by atoms with E-state index >= 15 is 0 Å². The monoisotopic (exact) mass is 643 g/mol. The zero-order valence-corrected chi connectivity index (χ0v) is 26.7. The van der Waals surface area contributed by atoms with Crippen LogP contribution in [0.1, 0.15) is 52.9 Å². The van der Waals surface area contributed by atoms with Crippen molar-refractivity contribution in [2.24, 2.45) is 17.8 Å². The van der Waals surface area contributed by atoms with Crippen LogP contribution in [0.25, 0.3) is 0 Å². The zero-order valence-electron chi connectivity index (χ0n) is 25.2. The van der Waals surface area contributed by atoms with Crippen LogP contribution in [0.3, 0.4) is 0 Å². The minimum Gasteiger partial charge on any atom is -0.394 e. The number of alkyl halides is 1. The van der Waals surface area contributed by atoms with Gasteiger partial charge in [0.1, 0.15) is 11.6 Å². The van der Waals surface area contributed by atoms with Crippen LogP contribution >= 0.6 is 15.9 Å². The highest BCUT2D eigenvalue weighted by Crippen LogP contribution is 2.61. The summed E-state index contributed by atoms with van der Waals surface area (Å²) in [5, 5.41) is 10.6. The lowest BCUT2D eigenvalue weighted by Gasteiger charge is -2.40. The van der Waals surface area contributed by atoms with Crippen LogP contribution in [0.2, 0.25) is 0 Å². The highest BCUT2D eigenvalue weighted by atomic mass is 79.9. The van der Waals surface area contributed by atoms with E-state index in [1.165, 1.54) is 0 Å². The highest BCUT2D eigenvalue weighted by molar-refractivity contribution is 9.09. The Balaban J connectivity index is 1.80. The summed E-state index contributed by atoms with van der Waals surface area (Å²) < 4.78 is 6.74. The number of benzene rings is 1. The van der Waals surface area contributed by atoms with Gasteiger partial charge in [-0.1, -0.05) is 79.9 Å². The Morgan fingerprint density at radius 3 is 2.45 bits per heavy atom. The SMILES string of the molecule is C=CCN(CCCCC)C(=O)C1N([C@@H](CO)CC(C)C)C(=O)[C@@H]2[C@@H](C(=O)N(CC=C)c3ccccc3)[C@@H]3OC12CC3Br. The summed E-state index contributed by atoms with van der Waals surface area (Å²) >= 11 is 3.77. The number of hydrogen-bond donors (Lipinski definition) is 1. The van der Waals surface area contributed by atoms with Gasteiger partial charge in [-0.3, -0.25) is 14.4 Å². The Hall–Kier alpha value is -2.49. The van der Waals surface area contributed by atoms with Gasteiger partial charge >= 0.3 is 0 Å². The number of fused-ring (bicyclic) bond motifs is 1. The van der Waals surface area contributed by atoms with Crippen molar-refractivity contribution in [3.63, 3.8) is 0 Å². The van der Waals surface area contributed by atoms with E-state index in [0.29, 0.717) is 31.6 Å². The molecular formula is C33H46BrN3O5. The molecule has 0 aromatic heterocycles. The van der Waals surface area contributed by atoms with Gasteiger partial charge in [-0.25, -0.2) is 0 Å². The number of aliphatic hydroxyl groups excluding tert-OH is 1. The molecule has 0 aliphatic carbocycles. The molecule has 9 heteroatoms. The number of halogens is 1. The van der Waals surface area contributed by atoms with Crippen molar-refractivity contribution in [2.45, 2.75) is 81.5 Å². The molecule has 3 fully saturated rings. The molecule has 230 valence electrons. The van der Waals surface area contributed by atoms with E-state index in [1.54, 1.807) is 26.9 Å². The number of nitrogens with zero attached hydrogens (tertiary/aromatic N) is 3. The van der Waals surface area contributed by atoms with Gasteiger partial charge in [-0.05, 0) is 37.3 Å². The topological polar surface area (TPSA) is 90.4 Å². The molecule has 1 spiro atoms. The second-order valence-electron chi connectivity index (χ2n) is 12.2. The van der Waals surface area contributed by atoms with E-state index < -0.39 is 35.6 Å². The van der Waals surface area contributed by atoms with Gasteiger partial charge in [0.15, 0.2) is 0 Å². The lowest BCUT2D eigenvalue weighted by molar-refractivity contribution is -0.151. The van der Waals surface area contributed by atoms with E-state index in [1.807, 2.05) is 44.2 Å². The third-order valence-electron chi connectivity index (χ3n) is 8.93. The second-order valence-corrected chi connectivity index (χ2v) is 13.4. The molecule has 4 rings (SSSR count). The number of aliphatic hydroxyl groups is 1. The third kappa shape index (κ3) is 5.84. The van der Waals surface area contributed by atoms with Crippen LogP contribution in [0, 0.1) is 17.8 Å². The fourth-order valence-corrected chi connectivity index (χ4v) is 8.20. The van der Waals surface area contributed by atoms with Crippen LogP contribution in [0.4, 0.5) is 5.69 Å². The normalized spacial score (nSPS) is 28.6. The number of anilines is 1. The number of likely N-dealkylation sites (tertiary alicyclic amines) is 1. The van der Waals surface area contributed by atoms with E-state index in [9.17, 15) is 19.5 Å². The first-order valence-corrected chi connectivity index (χ1v) is 16.2. The second kappa shape index (κ2) is 13.9. The van der Waals surface area contributed by atoms with Crippen LogP contribution in [0.5, 0.6) is 0 Å². The summed E-state index contributed by atoms with van der Waals surface area (Å²) in [6.07, 6.45) is 6.59. The maximum atomic E-state index is 14.6. The first kappa shape index (κ1) is 32.4. The first-order valence-electron chi connectivity index (χ1n) is 15.3. The number of carbonyl (C=O) groups is 3. The molecule has 3 saturated heterocycles. The summed E-state index contributed by atoms with van der Waals surface area (Å²) in [7, 11) is 0. The molecule has 3 amide bonds. The maximum absolute atomic E-state index is 14.6. The van der Waals surface area contributed by atoms with E-state index in [2.05, 4.69) is 36.0 Å². The minimum atomic E-state index is -1.18. The number of amides is 3. The Bertz CT molecular complexity index is 1150. The fourth-order valence-electron chi connectivity index (χ4n) is 7.26. The van der Waals surface area contributed by atoms with Crippen molar-refractivity contribution in [1.29, 1.82) is 0 Å². The third-order valence-corrected chi connectivity index (χ3v) is 9.78. The number of carbonyl (C=O) groups excluding carboxylic acids is 3. The van der Waals surface area contributed by atoms with E-state index in [4.69, 9.17) is 4.74 Å². The molecule has 1 N–H and O–H groups in total. The molecule has 8 nitrogen and oxygen atoms in total. The van der Waals surface area contributed by atoms with E-state index in [0.717, 1.165) is 19.3 Å². The predicted molar refractivity (Wildman–Crippen MR) is 168 cm³/mol. The number of hydrogen-bond acceptors (Lipinski definition) is 5. The maximum Gasteiger partial charge on any atom is 0.248 e. The van der Waals surface area contributed by atoms with Crippen LogP contribution in [-0.2, 0) is 19.1 Å². The summed E-state index contributed by atoms with van der Waals surface area (Å²) in [4.78, 5) is 48.3. The van der Waals surface area contributed by atoms with Crippen LogP contribution in [-0.4, -0.2) is 87.5 Å². The summed E-state index contributed by atoms with van der Waals surface area (Å²) in [5.74, 6) is -2.16. The molecule has 3 heterocycles. The summed E-state index contributed by atoms with van der Waals surface area (Å²) in [6.45, 7) is 14.8. The standard InChI is InChI=1S/C33H46BrN3O5/c1-6-9-13-18-35(16-7-2)32(41)29-33-20-25(34)28(42-33)26(27(33)31(40)37(29)24(21-38)19-22(4)5)30(39)36(17-8-3)23-14-11-10-12-15-23/h7-8,10-12,14-15,22,24-29,38H,2-3,6,9,13,16-21H2,1,4-5H3/t24-,25?,26-,27+,28-,29?,33?/m1/s1. The van der Waals surface area contributed by atoms with Crippen molar-refractivity contribution in [1.82, 2.24) is 9.80 Å². The molecule has 3 aliphatic rings. The smallest absolute Gasteiger partial charge is 0.248 e. The van der Waals surface area contributed by atoms with Crippen molar-refractivity contribution in [3.05, 3.63) is 55.6 Å². The van der Waals surface area contributed by atoms with Crippen LogP contribution < -0.4 is 4.90 Å². The van der Waals surface area contributed by atoms with Gasteiger partial charge in [-0.2, -0.15) is 0 Å². The Morgan fingerprint density at radius 1 is 1.17 bits per heavy atom. The predicted octanol–water partition coefficient (Wildman–Crippen LogP) is 4.57. The Kier molecular flexibility index (Phi) is 10.7. The molecule has 42 heavy (non-hydrogen) atoms. The van der Waals surface area contributed by atoms with Crippen molar-refractivity contribution >= 4 is 39.3 Å². The summed E-state index contributed by atoms with van der Waals surface area (Å²) in [6, 6.07) is 7.83. The Morgan fingerprint density at radius 2 is 1.86 bits per heavy atom. The molecule has 1 aromatic rings. The van der Waals surface area contributed by atoms with Crippen LogP contribution in [0.15, 0.2) is 55.6 Å². The first-order chi connectivity index (χ1) is 20.2. The molecule has 0 saturated carbocycles. The minimum absolute atomic E-state index is 0.178. The molecule has 3 unspecified atom stereocenters. The summed E-state index contributed by atoms with van der Waals surface area (Å²) in [5.41, 5.74) is -0.472. The molecule has 3 aliphatic heterocycles. The number of para-hydroxylation sites is 1. The van der Waals surface area contributed by atoms with Gasteiger partial charge in [0.2, 0.25) is 17.7 Å². The van der Waals surface area contributed by atoms with Gasteiger partial charge in [0.05, 0.1) is 30.6 Å². The van der Waals surface area contributed by atoms with Crippen molar-refractivity contribution < 1.29 is 24.2 Å². The molecule has 1 aromatic carbocycles. The Labute approximate surface area is 258 Å². The average Bonchev–Trinajstić information content (AvgIpc) is 3.57. The van der Waals surface area contributed by atoms with Gasteiger partial charge in [0, 0.05) is 30.1 Å². The fraction of sp³-hybridized carbons (Fsp3) is 0.606. The zero-order chi connectivity index (χ0) is 30.6. The van der Waals surface area contributed by atoms with Crippen molar-refractivity contribution in [3.8, 4) is 0 Å². The van der Waals surface area contributed by atoms with E-state index in [-0.39, 0.29) is 41.6 Å². The molecule has 0 radical (unpaired) electrons. The molecule has 7 atom stereocenters. The lowest BCUT2D eigenvalue weighted by Crippen LogP contribution is -2.59. The van der Waals surface area contributed by atoms with Gasteiger partial charge < -0.3 is 24.5 Å². The number of unbranched alkanes of at least 4 members (excludes halogenated alkanes) is 2.